The molecule has 2 aromatic carbocycles. The minimum absolute atomic E-state index is 0.128. The fourth-order valence-corrected chi connectivity index (χ4v) is 5.24. The van der Waals surface area contributed by atoms with E-state index in [0.29, 0.717) is 12.8 Å². The van der Waals surface area contributed by atoms with Crippen molar-refractivity contribution in [2.24, 2.45) is 5.41 Å². The van der Waals surface area contributed by atoms with Crippen molar-refractivity contribution in [2.45, 2.75) is 98.5 Å². The third kappa shape index (κ3) is 18.1. The van der Waals surface area contributed by atoms with Gasteiger partial charge in [-0.3, -0.25) is 14.4 Å². The average molecular weight is 772 g/mol. The number of hydrogen-bond acceptors (Lipinski definition) is 9. The van der Waals surface area contributed by atoms with E-state index in [1.54, 1.807) is 13.8 Å². The number of carbonyl (C=O) groups is 5. The van der Waals surface area contributed by atoms with Crippen LogP contribution in [0.5, 0.6) is 11.5 Å². The molecule has 2 aromatic rings. The van der Waals surface area contributed by atoms with Gasteiger partial charge in [-0.25, -0.2) is 9.59 Å². The zero-order valence-electron chi connectivity index (χ0n) is 33.3. The summed E-state index contributed by atoms with van der Waals surface area (Å²) in [5.74, 6) is -4.87. The molecule has 0 radical (unpaired) electrons. The maximum atomic E-state index is 13.5. The van der Waals surface area contributed by atoms with E-state index in [1.165, 1.54) is 59.7 Å². The number of esters is 3. The third-order valence-electron chi connectivity index (χ3n) is 8.41. The summed E-state index contributed by atoms with van der Waals surface area (Å²) >= 11 is 0. The fraction of sp³-hybridized carbons (Fsp3) is 0.400. The van der Waals surface area contributed by atoms with Crippen LogP contribution in [0.4, 0.5) is 0 Å². The average Bonchev–Trinajstić information content (AvgIpc) is 3.15. The second kappa shape index (κ2) is 25.4. The normalized spacial score (nSPS) is 12.9. The number of carboxylic acids is 1. The molecule has 0 aliphatic rings. The van der Waals surface area contributed by atoms with E-state index in [0.717, 1.165) is 32.1 Å². The standard InChI is InChI=1S/C45H57NO10/c1-6-21-33(2)22-14-12-15-24-34(3)23-13-10-8-7-9-11-16-29-40(50)54-32-45(4,5)41(42(51)46-31-30-39(48)49)56-44(53)36-26-18-20-28-38(36)55-43(52)35-25-17-19-27-37(35)47/h7,9-10,12-14,17-21,24-28,41,47H,6,8,11,15-16,22-23,29-32H2,1-5H3,(H,46,51)(H,48,49). The summed E-state index contributed by atoms with van der Waals surface area (Å²) in [5.41, 5.74) is 1.13. The van der Waals surface area contributed by atoms with E-state index in [2.05, 4.69) is 62.5 Å². The number of carboxylic acid groups (broad SMARTS) is 1. The molecule has 1 unspecified atom stereocenters. The largest absolute Gasteiger partial charge is 0.507 e. The number of allylic oxidation sites excluding steroid dienone is 10. The van der Waals surface area contributed by atoms with Crippen LogP contribution in [0.1, 0.15) is 113 Å². The van der Waals surface area contributed by atoms with Gasteiger partial charge in [-0.1, -0.05) is 105 Å². The highest BCUT2D eigenvalue weighted by molar-refractivity contribution is 5.98. The maximum Gasteiger partial charge on any atom is 0.347 e. The predicted octanol–water partition coefficient (Wildman–Crippen LogP) is 9.00. The molecule has 2 rings (SSSR count). The van der Waals surface area contributed by atoms with Crippen molar-refractivity contribution < 1.29 is 48.4 Å². The van der Waals surface area contributed by atoms with E-state index >= 15 is 0 Å². The van der Waals surface area contributed by atoms with Crippen LogP contribution in [0.2, 0.25) is 0 Å². The number of carbonyl (C=O) groups excluding carboxylic acids is 4. The Hall–Kier alpha value is -5.71. The van der Waals surface area contributed by atoms with Gasteiger partial charge >= 0.3 is 23.9 Å². The number of aromatic hydroxyl groups is 1. The van der Waals surface area contributed by atoms with E-state index < -0.39 is 41.3 Å². The molecule has 11 heteroatoms. The van der Waals surface area contributed by atoms with E-state index in [-0.39, 0.29) is 48.6 Å². The highest BCUT2D eigenvalue weighted by Crippen LogP contribution is 2.29. The number of hydrogen-bond donors (Lipinski definition) is 3. The van der Waals surface area contributed by atoms with E-state index in [1.807, 2.05) is 12.2 Å². The molecule has 3 N–H and O–H groups in total. The monoisotopic (exact) mass is 771 g/mol. The molecule has 0 heterocycles. The summed E-state index contributed by atoms with van der Waals surface area (Å²) in [6, 6.07) is 11.4. The number of aliphatic carboxylic acids is 1. The lowest BCUT2D eigenvalue weighted by molar-refractivity contribution is -0.153. The van der Waals surface area contributed by atoms with Gasteiger partial charge in [0.25, 0.3) is 5.91 Å². The molecule has 0 saturated carbocycles. The molecule has 11 nitrogen and oxygen atoms in total. The zero-order valence-corrected chi connectivity index (χ0v) is 33.3. The Morgan fingerprint density at radius 3 is 2.09 bits per heavy atom. The Balaban J connectivity index is 1.92. The molecule has 0 spiro atoms. The number of ether oxygens (including phenoxy) is 3. The molecular weight excluding hydrogens is 714 g/mol. The van der Waals surface area contributed by atoms with Gasteiger partial charge in [0.05, 0.1) is 6.42 Å². The molecule has 1 amide bonds. The highest BCUT2D eigenvalue weighted by atomic mass is 16.6. The first-order valence-electron chi connectivity index (χ1n) is 19.0. The van der Waals surface area contributed by atoms with Crippen LogP contribution >= 0.6 is 0 Å². The number of phenolic OH excluding ortho intramolecular Hbond substituents is 1. The van der Waals surface area contributed by atoms with Crippen molar-refractivity contribution in [1.29, 1.82) is 0 Å². The topological polar surface area (TPSA) is 166 Å². The van der Waals surface area contributed by atoms with Gasteiger partial charge in [0.15, 0.2) is 6.10 Å². The molecule has 0 saturated heterocycles. The number of rotatable bonds is 24. The lowest BCUT2D eigenvalue weighted by Gasteiger charge is -2.32. The second-order valence-corrected chi connectivity index (χ2v) is 14.0. The van der Waals surface area contributed by atoms with Crippen LogP contribution in [0, 0.1) is 5.41 Å². The van der Waals surface area contributed by atoms with Crippen LogP contribution in [-0.2, 0) is 23.9 Å². The van der Waals surface area contributed by atoms with Gasteiger partial charge in [0.2, 0.25) is 0 Å². The highest BCUT2D eigenvalue weighted by Gasteiger charge is 2.40. The van der Waals surface area contributed by atoms with Gasteiger partial charge in [0.1, 0.15) is 29.2 Å². The van der Waals surface area contributed by atoms with Gasteiger partial charge in [-0.2, -0.15) is 0 Å². The SMILES string of the molecule is CCC=C(C)CC=CCC=C(C)CC=CCC=CCCCC(=O)OCC(C)(C)C(OC(=O)c1ccccc1OC(=O)c1ccccc1O)C(=O)NCCC(=O)O. The molecule has 0 fully saturated rings. The first kappa shape index (κ1) is 46.4. The molecule has 0 aliphatic carbocycles. The Morgan fingerprint density at radius 2 is 1.41 bits per heavy atom. The molecular formula is C45H57NO10. The molecule has 0 aromatic heterocycles. The molecule has 56 heavy (non-hydrogen) atoms. The molecule has 0 bridgehead atoms. The quantitative estimate of drug-likeness (QED) is 0.0406. The van der Waals surface area contributed by atoms with E-state index in [4.69, 9.17) is 19.3 Å². The number of phenols is 1. The van der Waals surface area contributed by atoms with Crippen molar-refractivity contribution in [2.75, 3.05) is 13.2 Å². The van der Waals surface area contributed by atoms with Crippen LogP contribution in [-0.4, -0.2) is 59.3 Å². The summed E-state index contributed by atoms with van der Waals surface area (Å²) in [6.07, 6.45) is 21.3. The van der Waals surface area contributed by atoms with Gasteiger partial charge in [0, 0.05) is 18.4 Å². The molecule has 1 atom stereocenters. The summed E-state index contributed by atoms with van der Waals surface area (Å²) in [7, 11) is 0. The Bertz CT molecular complexity index is 1770. The first-order valence-corrected chi connectivity index (χ1v) is 19.0. The molecule has 0 aliphatic heterocycles. The summed E-state index contributed by atoms with van der Waals surface area (Å²) < 4.78 is 16.6. The fourth-order valence-electron chi connectivity index (χ4n) is 5.24. The number of benzene rings is 2. The van der Waals surface area contributed by atoms with Crippen molar-refractivity contribution >= 4 is 29.8 Å². The van der Waals surface area contributed by atoms with Crippen LogP contribution in [0.15, 0.2) is 108 Å². The van der Waals surface area contributed by atoms with Crippen LogP contribution in [0.3, 0.4) is 0 Å². The Morgan fingerprint density at radius 1 is 0.786 bits per heavy atom. The lowest BCUT2D eigenvalue weighted by Crippen LogP contribution is -2.49. The lowest BCUT2D eigenvalue weighted by atomic mass is 9.86. The first-order chi connectivity index (χ1) is 26.7. The van der Waals surface area contributed by atoms with Crippen molar-refractivity contribution in [3.63, 3.8) is 0 Å². The zero-order chi connectivity index (χ0) is 41.3. The maximum absolute atomic E-state index is 13.5. The summed E-state index contributed by atoms with van der Waals surface area (Å²) in [4.78, 5) is 63.2. The van der Waals surface area contributed by atoms with Gasteiger partial charge in [-0.15, -0.1) is 0 Å². The van der Waals surface area contributed by atoms with Crippen LogP contribution < -0.4 is 10.1 Å². The third-order valence-corrected chi connectivity index (χ3v) is 8.41. The van der Waals surface area contributed by atoms with Gasteiger partial charge in [-0.05, 0) is 83.1 Å². The number of amides is 1. The minimum Gasteiger partial charge on any atom is -0.507 e. The number of nitrogens with one attached hydrogen (secondary N) is 1. The van der Waals surface area contributed by atoms with Crippen molar-refractivity contribution in [3.8, 4) is 11.5 Å². The Kier molecular flexibility index (Phi) is 21.1. The second-order valence-electron chi connectivity index (χ2n) is 14.0. The smallest absolute Gasteiger partial charge is 0.347 e. The van der Waals surface area contributed by atoms with E-state index in [9.17, 15) is 29.1 Å². The summed E-state index contributed by atoms with van der Waals surface area (Å²) in [6.45, 7) is 9.04. The predicted molar refractivity (Wildman–Crippen MR) is 216 cm³/mol. The number of unbranched alkanes of at least 4 members (excludes halogenated alkanes) is 1. The van der Waals surface area contributed by atoms with Crippen LogP contribution in [0.25, 0.3) is 0 Å². The summed E-state index contributed by atoms with van der Waals surface area (Å²) in [5, 5.41) is 21.5. The molecule has 302 valence electrons. The van der Waals surface area contributed by atoms with Gasteiger partial charge < -0.3 is 29.7 Å². The van der Waals surface area contributed by atoms with Crippen molar-refractivity contribution in [1.82, 2.24) is 5.32 Å². The number of para-hydroxylation sites is 2. The van der Waals surface area contributed by atoms with Crippen molar-refractivity contribution in [3.05, 3.63) is 119 Å². The Labute approximate surface area is 330 Å². The minimum atomic E-state index is -1.53.